The van der Waals surface area contributed by atoms with Crippen molar-refractivity contribution in [2.75, 3.05) is 6.54 Å². The zero-order chi connectivity index (χ0) is 11.5. The summed E-state index contributed by atoms with van der Waals surface area (Å²) in [5.74, 6) is 0. The van der Waals surface area contributed by atoms with Crippen LogP contribution in [0.1, 0.15) is 25.5 Å². The molecule has 2 aromatic rings. The molecule has 2 nitrogen and oxygen atoms in total. The first-order chi connectivity index (χ1) is 7.68. The van der Waals surface area contributed by atoms with Crippen molar-refractivity contribution in [1.29, 1.82) is 0 Å². The smallest absolute Gasteiger partial charge is 0.0928 e. The van der Waals surface area contributed by atoms with Gasteiger partial charge in [-0.2, -0.15) is 0 Å². The Bertz CT molecular complexity index is 464. The Morgan fingerprint density at radius 3 is 2.88 bits per heavy atom. The lowest BCUT2D eigenvalue weighted by Gasteiger charge is -2.15. The van der Waals surface area contributed by atoms with Crippen molar-refractivity contribution >= 4 is 21.4 Å². The number of aliphatic hydroxyl groups is 1. The van der Waals surface area contributed by atoms with E-state index >= 15 is 0 Å². The van der Waals surface area contributed by atoms with Crippen molar-refractivity contribution < 1.29 is 5.11 Å². The number of hydrogen-bond donors (Lipinski definition) is 2. The molecule has 1 atom stereocenters. The molecule has 0 radical (unpaired) electrons. The molecule has 0 aliphatic rings. The number of thiophene rings is 1. The fourth-order valence-electron chi connectivity index (χ4n) is 1.74. The van der Waals surface area contributed by atoms with Crippen molar-refractivity contribution in [1.82, 2.24) is 5.32 Å². The molecule has 16 heavy (non-hydrogen) atoms. The number of rotatable bonds is 4. The molecule has 0 bridgehead atoms. The fourth-order valence-corrected chi connectivity index (χ4v) is 2.70. The van der Waals surface area contributed by atoms with Crippen molar-refractivity contribution in [3.63, 3.8) is 0 Å². The minimum absolute atomic E-state index is 0.400. The van der Waals surface area contributed by atoms with E-state index < -0.39 is 6.10 Å². The van der Waals surface area contributed by atoms with Crippen LogP contribution in [0.5, 0.6) is 0 Å². The van der Waals surface area contributed by atoms with Gasteiger partial charge in [0.05, 0.1) is 6.10 Å². The molecule has 0 aliphatic heterocycles. The quantitative estimate of drug-likeness (QED) is 0.854. The largest absolute Gasteiger partial charge is 0.387 e. The monoisotopic (exact) mass is 235 g/mol. The molecule has 1 unspecified atom stereocenters. The van der Waals surface area contributed by atoms with Crippen LogP contribution in [0.15, 0.2) is 29.6 Å². The highest BCUT2D eigenvalue weighted by Gasteiger charge is 2.11. The first kappa shape index (κ1) is 11.6. The van der Waals surface area contributed by atoms with Gasteiger partial charge in [-0.3, -0.25) is 0 Å². The Hall–Kier alpha value is -0.900. The lowest BCUT2D eigenvalue weighted by Crippen LogP contribution is -2.27. The molecule has 0 fully saturated rings. The van der Waals surface area contributed by atoms with Crippen LogP contribution in [0.3, 0.4) is 0 Å². The van der Waals surface area contributed by atoms with Crippen molar-refractivity contribution in [3.05, 3.63) is 35.2 Å². The Morgan fingerprint density at radius 1 is 1.31 bits per heavy atom. The van der Waals surface area contributed by atoms with Gasteiger partial charge < -0.3 is 10.4 Å². The molecule has 0 amide bonds. The summed E-state index contributed by atoms with van der Waals surface area (Å²) in [5.41, 5.74) is 1.03. The van der Waals surface area contributed by atoms with Crippen molar-refractivity contribution in [2.24, 2.45) is 0 Å². The van der Waals surface area contributed by atoms with Gasteiger partial charge in [-0.15, -0.1) is 11.3 Å². The molecule has 0 spiro atoms. The average Bonchev–Trinajstić information content (AvgIpc) is 2.73. The number of fused-ring (bicyclic) bond motifs is 1. The first-order valence-corrected chi connectivity index (χ1v) is 6.44. The normalized spacial score (nSPS) is 13.5. The Morgan fingerprint density at radius 2 is 2.12 bits per heavy atom. The maximum atomic E-state index is 10.1. The molecule has 1 heterocycles. The van der Waals surface area contributed by atoms with Gasteiger partial charge in [0.1, 0.15) is 0 Å². The molecule has 0 aliphatic carbocycles. The zero-order valence-corrected chi connectivity index (χ0v) is 10.4. The van der Waals surface area contributed by atoms with Gasteiger partial charge in [0.2, 0.25) is 0 Å². The highest BCUT2D eigenvalue weighted by molar-refractivity contribution is 7.17. The third-order valence-electron chi connectivity index (χ3n) is 2.59. The van der Waals surface area contributed by atoms with Gasteiger partial charge >= 0.3 is 0 Å². The zero-order valence-electron chi connectivity index (χ0n) is 9.60. The average molecular weight is 235 g/mol. The third-order valence-corrected chi connectivity index (χ3v) is 3.57. The van der Waals surface area contributed by atoms with E-state index in [1.807, 2.05) is 12.1 Å². The van der Waals surface area contributed by atoms with E-state index in [-0.39, 0.29) is 0 Å². The molecular weight excluding hydrogens is 218 g/mol. The second-order valence-corrected chi connectivity index (χ2v) is 5.18. The summed E-state index contributed by atoms with van der Waals surface area (Å²) in [4.78, 5) is 0. The predicted molar refractivity (Wildman–Crippen MR) is 69.9 cm³/mol. The Labute approximate surface area is 99.9 Å². The van der Waals surface area contributed by atoms with Crippen LogP contribution in [0.2, 0.25) is 0 Å². The van der Waals surface area contributed by atoms with E-state index in [0.717, 1.165) is 5.56 Å². The highest BCUT2D eigenvalue weighted by atomic mass is 32.1. The van der Waals surface area contributed by atoms with Crippen molar-refractivity contribution in [2.45, 2.75) is 26.0 Å². The summed E-state index contributed by atoms with van der Waals surface area (Å²) in [5, 5.41) is 16.7. The Balaban J connectivity index is 2.22. The number of hydrogen-bond acceptors (Lipinski definition) is 3. The summed E-state index contributed by atoms with van der Waals surface area (Å²) >= 11 is 1.69. The van der Waals surface area contributed by atoms with E-state index in [2.05, 4.69) is 36.7 Å². The van der Waals surface area contributed by atoms with E-state index in [4.69, 9.17) is 0 Å². The second kappa shape index (κ2) is 4.95. The summed E-state index contributed by atoms with van der Waals surface area (Å²) in [6.07, 6.45) is -0.426. The van der Waals surface area contributed by atoms with E-state index in [1.54, 1.807) is 11.3 Å². The van der Waals surface area contributed by atoms with Gasteiger partial charge in [-0.25, -0.2) is 0 Å². The Kier molecular flexibility index (Phi) is 3.59. The standard InChI is InChI=1S/C13H17NOS/c1-9(2)14-8-12(15)11-5-3-4-10-6-7-16-13(10)11/h3-7,9,12,14-15H,8H2,1-2H3. The second-order valence-electron chi connectivity index (χ2n) is 4.26. The van der Waals surface area contributed by atoms with Crippen LogP contribution in [0.4, 0.5) is 0 Å². The summed E-state index contributed by atoms with van der Waals surface area (Å²) in [6, 6.07) is 8.58. The van der Waals surface area contributed by atoms with Gasteiger partial charge in [-0.05, 0) is 22.4 Å². The van der Waals surface area contributed by atoms with E-state index in [0.29, 0.717) is 12.6 Å². The van der Waals surface area contributed by atoms with Crippen LogP contribution in [-0.2, 0) is 0 Å². The molecule has 1 aromatic heterocycles. The summed E-state index contributed by atoms with van der Waals surface area (Å²) < 4.78 is 1.19. The minimum atomic E-state index is -0.426. The van der Waals surface area contributed by atoms with Gasteiger partial charge in [0.15, 0.2) is 0 Å². The predicted octanol–water partition coefficient (Wildman–Crippen LogP) is 2.93. The molecule has 0 saturated carbocycles. The van der Waals surface area contributed by atoms with Crippen LogP contribution in [0, 0.1) is 0 Å². The number of aliphatic hydroxyl groups excluding tert-OH is 1. The highest BCUT2D eigenvalue weighted by Crippen LogP contribution is 2.28. The molecule has 0 saturated heterocycles. The van der Waals surface area contributed by atoms with Crippen LogP contribution >= 0.6 is 11.3 Å². The SMILES string of the molecule is CC(C)NCC(O)c1cccc2ccsc12. The minimum Gasteiger partial charge on any atom is -0.387 e. The maximum Gasteiger partial charge on any atom is 0.0928 e. The van der Waals surface area contributed by atoms with Crippen LogP contribution < -0.4 is 5.32 Å². The van der Waals surface area contributed by atoms with Gasteiger partial charge in [-0.1, -0.05) is 32.0 Å². The third kappa shape index (κ3) is 2.43. The first-order valence-electron chi connectivity index (χ1n) is 5.56. The fraction of sp³-hybridized carbons (Fsp3) is 0.385. The van der Waals surface area contributed by atoms with Gasteiger partial charge in [0, 0.05) is 17.3 Å². The van der Waals surface area contributed by atoms with Gasteiger partial charge in [0.25, 0.3) is 0 Å². The molecule has 86 valence electrons. The molecule has 2 N–H and O–H groups in total. The molecule has 1 aromatic carbocycles. The van der Waals surface area contributed by atoms with Crippen LogP contribution in [-0.4, -0.2) is 17.7 Å². The molecule has 3 heteroatoms. The van der Waals surface area contributed by atoms with E-state index in [1.165, 1.54) is 10.1 Å². The van der Waals surface area contributed by atoms with Crippen LogP contribution in [0.25, 0.3) is 10.1 Å². The van der Waals surface area contributed by atoms with Crippen molar-refractivity contribution in [3.8, 4) is 0 Å². The number of benzene rings is 1. The summed E-state index contributed by atoms with van der Waals surface area (Å²) in [7, 11) is 0. The maximum absolute atomic E-state index is 10.1. The topological polar surface area (TPSA) is 32.3 Å². The molecular formula is C13H17NOS. The lowest BCUT2D eigenvalue weighted by molar-refractivity contribution is 0.173. The number of nitrogens with one attached hydrogen (secondary N) is 1. The summed E-state index contributed by atoms with van der Waals surface area (Å²) in [6.45, 7) is 4.77. The lowest BCUT2D eigenvalue weighted by atomic mass is 10.1. The van der Waals surface area contributed by atoms with E-state index in [9.17, 15) is 5.11 Å². The molecule has 2 rings (SSSR count).